The van der Waals surface area contributed by atoms with E-state index in [1.54, 1.807) is 27.7 Å². The van der Waals surface area contributed by atoms with Gasteiger partial charge < -0.3 is 4.74 Å². The summed E-state index contributed by atoms with van der Waals surface area (Å²) in [5.41, 5.74) is -0.470. The quantitative estimate of drug-likeness (QED) is 0.703. The fraction of sp³-hybridized carbons (Fsp3) is 1.00. The van der Waals surface area contributed by atoms with Gasteiger partial charge in [0.25, 0.3) is 10.2 Å². The van der Waals surface area contributed by atoms with Crippen molar-refractivity contribution in [3.05, 3.63) is 0 Å². The molecule has 0 spiro atoms. The lowest BCUT2D eigenvalue weighted by atomic mass is 10.1. The summed E-state index contributed by atoms with van der Waals surface area (Å²) >= 11 is 0. The molecule has 0 aromatic carbocycles. The number of rotatable bonds is 5. The van der Waals surface area contributed by atoms with Crippen LogP contribution in [0.1, 0.15) is 27.7 Å². The van der Waals surface area contributed by atoms with Crippen LogP contribution in [0.4, 0.5) is 0 Å². The molecule has 0 rings (SSSR count). The van der Waals surface area contributed by atoms with Gasteiger partial charge in [-0.05, 0) is 27.7 Å². The number of hydrogen-bond donors (Lipinski definition) is 2. The fourth-order valence-electron chi connectivity index (χ4n) is 0.750. The number of ether oxygens (including phenoxy) is 1. The third kappa shape index (κ3) is 7.25. The average Bonchev–Trinajstić information content (AvgIpc) is 1.96. The monoisotopic (exact) mass is 224 g/mol. The summed E-state index contributed by atoms with van der Waals surface area (Å²) in [6.07, 6.45) is -0.133. The summed E-state index contributed by atoms with van der Waals surface area (Å²) in [7, 11) is -1.89. The highest BCUT2D eigenvalue weighted by Gasteiger charge is 2.19. The van der Waals surface area contributed by atoms with Crippen LogP contribution in [0.25, 0.3) is 0 Å². The second-order valence-corrected chi connectivity index (χ2v) is 5.75. The summed E-state index contributed by atoms with van der Waals surface area (Å²) in [6, 6.07) is 0. The van der Waals surface area contributed by atoms with Gasteiger partial charge in [0, 0.05) is 19.2 Å². The average molecular weight is 224 g/mol. The molecule has 1 atom stereocenters. The molecule has 0 bridgehead atoms. The van der Waals surface area contributed by atoms with Crippen LogP contribution >= 0.6 is 0 Å². The molecule has 0 aliphatic rings. The van der Waals surface area contributed by atoms with Crippen LogP contribution in [-0.4, -0.2) is 33.7 Å². The van der Waals surface area contributed by atoms with Gasteiger partial charge in [-0.3, -0.25) is 0 Å². The molecule has 5 nitrogen and oxygen atoms in total. The Morgan fingerprint density at radius 3 is 2.21 bits per heavy atom. The first-order valence-electron chi connectivity index (χ1n) is 4.47. The predicted molar refractivity (Wildman–Crippen MR) is 56.3 cm³/mol. The van der Waals surface area contributed by atoms with Gasteiger partial charge in [-0.15, -0.1) is 0 Å². The smallest absolute Gasteiger partial charge is 0.277 e. The molecule has 0 aliphatic carbocycles. The zero-order chi connectivity index (χ0) is 11.4. The standard InChI is InChI=1S/C8H20N2O3S/c1-7(13-5)6-9-14(11,12)10-8(2,3)4/h7,9-10H,6H2,1-5H3. The fourth-order valence-corrected chi connectivity index (χ4v) is 2.08. The molecular formula is C8H20N2O3S. The van der Waals surface area contributed by atoms with Crippen molar-refractivity contribution >= 4 is 10.2 Å². The molecule has 0 aliphatic heterocycles. The molecule has 0 fully saturated rings. The lowest BCUT2D eigenvalue weighted by Gasteiger charge is -2.21. The summed E-state index contributed by atoms with van der Waals surface area (Å²) in [6.45, 7) is 7.41. The third-order valence-electron chi connectivity index (χ3n) is 1.40. The van der Waals surface area contributed by atoms with Crippen molar-refractivity contribution in [3.63, 3.8) is 0 Å². The topological polar surface area (TPSA) is 67.4 Å². The molecule has 86 valence electrons. The first-order valence-corrected chi connectivity index (χ1v) is 5.96. The third-order valence-corrected chi connectivity index (χ3v) is 2.83. The van der Waals surface area contributed by atoms with Gasteiger partial charge >= 0.3 is 0 Å². The Kier molecular flexibility index (Phi) is 5.00. The molecule has 0 aromatic rings. The lowest BCUT2D eigenvalue weighted by molar-refractivity contribution is 0.122. The summed E-state index contributed by atoms with van der Waals surface area (Å²) < 4.78 is 32.6. The molecule has 1 unspecified atom stereocenters. The maximum atomic E-state index is 11.4. The van der Waals surface area contributed by atoms with Crippen molar-refractivity contribution in [2.45, 2.75) is 39.3 Å². The molecule has 14 heavy (non-hydrogen) atoms. The minimum atomic E-state index is -3.42. The highest BCUT2D eigenvalue weighted by molar-refractivity contribution is 7.87. The van der Waals surface area contributed by atoms with Crippen LogP contribution < -0.4 is 9.44 Å². The first-order chi connectivity index (χ1) is 6.16. The predicted octanol–water partition coefficient (Wildman–Crippen LogP) is 0.244. The highest BCUT2D eigenvalue weighted by Crippen LogP contribution is 2.00. The van der Waals surface area contributed by atoms with Crippen molar-refractivity contribution < 1.29 is 13.2 Å². The van der Waals surface area contributed by atoms with E-state index in [-0.39, 0.29) is 12.6 Å². The van der Waals surface area contributed by atoms with Crippen LogP contribution in [0, 0.1) is 0 Å². The Balaban J connectivity index is 4.10. The van der Waals surface area contributed by atoms with Gasteiger partial charge in [0.05, 0.1) is 6.10 Å². The Morgan fingerprint density at radius 2 is 1.86 bits per heavy atom. The van der Waals surface area contributed by atoms with E-state index >= 15 is 0 Å². The molecule has 0 saturated carbocycles. The summed E-state index contributed by atoms with van der Waals surface area (Å²) in [5, 5.41) is 0. The Morgan fingerprint density at radius 1 is 1.36 bits per heavy atom. The van der Waals surface area contributed by atoms with E-state index in [1.807, 2.05) is 0 Å². The van der Waals surface area contributed by atoms with Crippen molar-refractivity contribution in [1.82, 2.24) is 9.44 Å². The Labute approximate surface area is 86.4 Å². The van der Waals surface area contributed by atoms with E-state index in [2.05, 4.69) is 9.44 Å². The number of methoxy groups -OCH3 is 1. The van der Waals surface area contributed by atoms with Crippen LogP contribution in [0.15, 0.2) is 0 Å². The van der Waals surface area contributed by atoms with E-state index in [4.69, 9.17) is 4.74 Å². The van der Waals surface area contributed by atoms with E-state index in [0.717, 1.165) is 0 Å². The van der Waals surface area contributed by atoms with Crippen molar-refractivity contribution in [2.24, 2.45) is 0 Å². The van der Waals surface area contributed by atoms with E-state index in [9.17, 15) is 8.42 Å². The SMILES string of the molecule is COC(C)CNS(=O)(=O)NC(C)(C)C. The summed E-state index contributed by atoms with van der Waals surface area (Å²) in [5.74, 6) is 0. The van der Waals surface area contributed by atoms with Gasteiger partial charge in [-0.25, -0.2) is 0 Å². The van der Waals surface area contributed by atoms with Crippen molar-refractivity contribution in [2.75, 3.05) is 13.7 Å². The second-order valence-electron chi connectivity index (χ2n) is 4.25. The maximum Gasteiger partial charge on any atom is 0.277 e. The van der Waals surface area contributed by atoms with Gasteiger partial charge in [-0.1, -0.05) is 0 Å². The minimum absolute atomic E-state index is 0.133. The molecule has 0 heterocycles. The largest absolute Gasteiger partial charge is 0.380 e. The zero-order valence-electron chi connectivity index (χ0n) is 9.42. The van der Waals surface area contributed by atoms with E-state index in [0.29, 0.717) is 0 Å². The molecular weight excluding hydrogens is 204 g/mol. The molecule has 2 N–H and O–H groups in total. The van der Waals surface area contributed by atoms with Crippen molar-refractivity contribution in [3.8, 4) is 0 Å². The normalized spacial score (nSPS) is 15.5. The van der Waals surface area contributed by atoms with Crippen LogP contribution in [0.2, 0.25) is 0 Å². The summed E-state index contributed by atoms with van der Waals surface area (Å²) in [4.78, 5) is 0. The first kappa shape index (κ1) is 13.8. The Bertz CT molecular complexity index is 256. The Hall–Kier alpha value is -0.170. The molecule has 6 heteroatoms. The minimum Gasteiger partial charge on any atom is -0.380 e. The molecule has 0 radical (unpaired) electrons. The van der Waals surface area contributed by atoms with Gasteiger partial charge in [0.1, 0.15) is 0 Å². The van der Waals surface area contributed by atoms with E-state index in [1.165, 1.54) is 7.11 Å². The van der Waals surface area contributed by atoms with Crippen LogP contribution in [0.3, 0.4) is 0 Å². The maximum absolute atomic E-state index is 11.4. The van der Waals surface area contributed by atoms with Crippen LogP contribution in [0.5, 0.6) is 0 Å². The van der Waals surface area contributed by atoms with Crippen LogP contribution in [-0.2, 0) is 14.9 Å². The van der Waals surface area contributed by atoms with Crippen molar-refractivity contribution in [1.29, 1.82) is 0 Å². The van der Waals surface area contributed by atoms with Gasteiger partial charge in [-0.2, -0.15) is 17.9 Å². The number of hydrogen-bond acceptors (Lipinski definition) is 3. The molecule has 0 aromatic heterocycles. The lowest BCUT2D eigenvalue weighted by Crippen LogP contribution is -2.48. The highest BCUT2D eigenvalue weighted by atomic mass is 32.2. The van der Waals surface area contributed by atoms with Gasteiger partial charge in [0.15, 0.2) is 0 Å². The molecule has 0 amide bonds. The van der Waals surface area contributed by atoms with E-state index < -0.39 is 15.7 Å². The zero-order valence-corrected chi connectivity index (χ0v) is 10.2. The molecule has 0 saturated heterocycles. The number of nitrogens with one attached hydrogen (secondary N) is 2. The van der Waals surface area contributed by atoms with Gasteiger partial charge in [0.2, 0.25) is 0 Å². The second kappa shape index (κ2) is 5.06.